The van der Waals surface area contributed by atoms with Crippen LogP contribution in [0.4, 0.5) is 5.82 Å². The second-order valence-corrected chi connectivity index (χ2v) is 5.34. The molecule has 0 spiro atoms. The molecule has 1 amide bonds. The van der Waals surface area contributed by atoms with Gasteiger partial charge in [0.25, 0.3) is 0 Å². The van der Waals surface area contributed by atoms with Crippen LogP contribution in [0.2, 0.25) is 0 Å². The van der Waals surface area contributed by atoms with Crippen LogP contribution in [0, 0.1) is 0 Å². The Balaban J connectivity index is 1.63. The zero-order valence-corrected chi connectivity index (χ0v) is 12.5. The summed E-state index contributed by atoms with van der Waals surface area (Å²) in [6.07, 6.45) is 3.24. The average Bonchev–Trinajstić information content (AvgIpc) is 3.03. The first-order chi connectivity index (χ1) is 10.8. The number of amides is 1. The third-order valence-corrected chi connectivity index (χ3v) is 3.78. The SMILES string of the molecule is O=C(CSc1nc[nH][n+]1-c1ccccc1)Nc1ccccn1. The molecule has 2 heterocycles. The Hall–Kier alpha value is -2.67. The average molecular weight is 312 g/mol. The van der Waals surface area contributed by atoms with Crippen LogP contribution < -0.4 is 10.00 Å². The van der Waals surface area contributed by atoms with Crippen LogP contribution in [0.15, 0.2) is 66.2 Å². The maximum absolute atomic E-state index is 11.9. The second-order valence-electron chi connectivity index (χ2n) is 4.39. The minimum Gasteiger partial charge on any atom is -0.310 e. The number of nitrogens with one attached hydrogen (secondary N) is 2. The summed E-state index contributed by atoms with van der Waals surface area (Å²) in [5.74, 6) is 0.686. The van der Waals surface area contributed by atoms with E-state index in [-0.39, 0.29) is 11.7 Å². The van der Waals surface area contributed by atoms with Crippen LogP contribution in [0.3, 0.4) is 0 Å². The Morgan fingerprint density at radius 1 is 1.14 bits per heavy atom. The second kappa shape index (κ2) is 6.86. The summed E-state index contributed by atoms with van der Waals surface area (Å²) < 4.78 is 1.83. The highest BCUT2D eigenvalue weighted by Gasteiger charge is 2.18. The lowest BCUT2D eigenvalue weighted by atomic mass is 10.3. The fourth-order valence-electron chi connectivity index (χ4n) is 1.86. The van der Waals surface area contributed by atoms with Crippen molar-refractivity contribution in [2.24, 2.45) is 0 Å². The van der Waals surface area contributed by atoms with Gasteiger partial charge in [-0.05, 0) is 41.0 Å². The molecule has 3 rings (SSSR count). The summed E-state index contributed by atoms with van der Waals surface area (Å²) in [7, 11) is 0. The van der Waals surface area contributed by atoms with Gasteiger partial charge in [-0.3, -0.25) is 4.79 Å². The molecule has 0 aliphatic carbocycles. The first-order valence-corrected chi connectivity index (χ1v) is 7.66. The largest absolute Gasteiger partial charge is 0.385 e. The number of nitrogens with zero attached hydrogens (tertiary/aromatic N) is 3. The number of pyridine rings is 1. The highest BCUT2D eigenvalue weighted by molar-refractivity contribution is 7.99. The molecule has 0 saturated heterocycles. The highest BCUT2D eigenvalue weighted by Crippen LogP contribution is 2.12. The standard InChI is InChI=1S/C15H13N5OS/c21-14(19-13-8-4-5-9-16-13)10-22-15-17-11-18-20(15)12-6-2-1-3-7-12/h1-9,11H,10H2,(H,16,19,21)/p+1. The van der Waals surface area contributed by atoms with Crippen LogP contribution in [0.5, 0.6) is 0 Å². The molecular weight excluding hydrogens is 298 g/mol. The molecule has 0 fully saturated rings. The number of carbonyl (C=O) groups excluding carboxylic acids is 1. The van der Waals surface area contributed by atoms with E-state index in [4.69, 9.17) is 0 Å². The molecule has 1 aromatic carbocycles. The van der Waals surface area contributed by atoms with Gasteiger partial charge in [0.05, 0.1) is 5.75 Å². The maximum Gasteiger partial charge on any atom is 0.385 e. The summed E-state index contributed by atoms with van der Waals surface area (Å²) in [6, 6.07) is 15.2. The number of aromatic nitrogens is 4. The lowest BCUT2D eigenvalue weighted by Gasteiger charge is -2.02. The van der Waals surface area contributed by atoms with E-state index in [1.165, 1.54) is 11.8 Å². The molecule has 3 aromatic rings. The Kier molecular flexibility index (Phi) is 4.45. The summed E-state index contributed by atoms with van der Waals surface area (Å²) in [4.78, 5) is 20.2. The first kappa shape index (κ1) is 14.3. The number of anilines is 1. The van der Waals surface area contributed by atoms with Gasteiger partial charge in [-0.1, -0.05) is 24.3 Å². The Bertz CT molecular complexity index is 745. The van der Waals surface area contributed by atoms with Gasteiger partial charge < -0.3 is 5.32 Å². The van der Waals surface area contributed by atoms with Crippen LogP contribution >= 0.6 is 11.8 Å². The monoisotopic (exact) mass is 312 g/mol. The third-order valence-electron chi connectivity index (χ3n) is 2.83. The van der Waals surface area contributed by atoms with E-state index in [2.05, 4.69) is 20.4 Å². The molecule has 2 aromatic heterocycles. The van der Waals surface area contributed by atoms with Crippen LogP contribution in [-0.2, 0) is 4.79 Å². The van der Waals surface area contributed by atoms with E-state index in [1.807, 2.05) is 41.1 Å². The van der Waals surface area contributed by atoms with Crippen molar-refractivity contribution in [3.8, 4) is 5.69 Å². The zero-order valence-electron chi connectivity index (χ0n) is 11.6. The van der Waals surface area contributed by atoms with Crippen molar-refractivity contribution < 1.29 is 9.48 Å². The molecule has 0 saturated carbocycles. The van der Waals surface area contributed by atoms with Gasteiger partial charge in [-0.2, -0.15) is 5.10 Å². The number of thioether (sulfide) groups is 1. The number of aromatic amines is 1. The van der Waals surface area contributed by atoms with Crippen molar-refractivity contribution in [3.05, 3.63) is 61.1 Å². The molecule has 2 N–H and O–H groups in total. The molecule has 0 unspecified atom stereocenters. The molecule has 110 valence electrons. The number of para-hydroxylation sites is 1. The van der Waals surface area contributed by atoms with Gasteiger partial charge in [-0.25, -0.2) is 4.98 Å². The van der Waals surface area contributed by atoms with E-state index in [9.17, 15) is 4.79 Å². The van der Waals surface area contributed by atoms with Gasteiger partial charge >= 0.3 is 5.16 Å². The number of hydrogen-bond donors (Lipinski definition) is 2. The number of carbonyl (C=O) groups is 1. The summed E-state index contributed by atoms with van der Waals surface area (Å²) >= 11 is 1.36. The predicted molar refractivity (Wildman–Crippen MR) is 83.7 cm³/mol. The quantitative estimate of drug-likeness (QED) is 0.556. The third kappa shape index (κ3) is 3.50. The zero-order chi connectivity index (χ0) is 15.2. The fraction of sp³-hybridized carbons (Fsp3) is 0.0667. The molecule has 0 bridgehead atoms. The van der Waals surface area contributed by atoms with Crippen molar-refractivity contribution >= 4 is 23.5 Å². The van der Waals surface area contributed by atoms with Gasteiger partial charge in [-0.15, -0.1) is 4.68 Å². The minimum absolute atomic E-state index is 0.119. The van der Waals surface area contributed by atoms with Crippen LogP contribution in [0.1, 0.15) is 0 Å². The van der Waals surface area contributed by atoms with E-state index in [0.717, 1.165) is 10.8 Å². The molecule has 7 heteroatoms. The molecule has 22 heavy (non-hydrogen) atoms. The highest BCUT2D eigenvalue weighted by atomic mass is 32.2. The van der Waals surface area contributed by atoms with Gasteiger partial charge in [0.1, 0.15) is 5.82 Å². The van der Waals surface area contributed by atoms with E-state index < -0.39 is 0 Å². The smallest absolute Gasteiger partial charge is 0.310 e. The van der Waals surface area contributed by atoms with E-state index in [1.54, 1.807) is 24.7 Å². The molecule has 0 atom stereocenters. The molecule has 0 aliphatic rings. The van der Waals surface area contributed by atoms with Gasteiger partial charge in [0.15, 0.2) is 5.69 Å². The number of hydrogen-bond acceptors (Lipinski definition) is 4. The van der Waals surface area contributed by atoms with Gasteiger partial charge in [0.2, 0.25) is 12.2 Å². The van der Waals surface area contributed by atoms with Crippen molar-refractivity contribution in [2.75, 3.05) is 11.1 Å². The molecular formula is C15H14N5OS+. The molecule has 0 radical (unpaired) electrons. The van der Waals surface area contributed by atoms with Crippen LogP contribution in [0.25, 0.3) is 5.69 Å². The Morgan fingerprint density at radius 2 is 1.95 bits per heavy atom. The number of benzene rings is 1. The Morgan fingerprint density at radius 3 is 2.73 bits per heavy atom. The summed E-state index contributed by atoms with van der Waals surface area (Å²) in [5, 5.41) is 6.51. The lowest BCUT2D eigenvalue weighted by molar-refractivity contribution is -0.694. The van der Waals surface area contributed by atoms with Crippen molar-refractivity contribution in [1.82, 2.24) is 15.1 Å². The van der Waals surface area contributed by atoms with E-state index >= 15 is 0 Å². The van der Waals surface area contributed by atoms with E-state index in [0.29, 0.717) is 5.82 Å². The number of rotatable bonds is 5. The predicted octanol–water partition coefficient (Wildman–Crippen LogP) is 1.81. The molecule has 6 nitrogen and oxygen atoms in total. The van der Waals surface area contributed by atoms with Crippen molar-refractivity contribution in [3.63, 3.8) is 0 Å². The summed E-state index contributed by atoms with van der Waals surface area (Å²) in [5.41, 5.74) is 0.965. The fourth-order valence-corrected chi connectivity index (χ4v) is 2.61. The topological polar surface area (TPSA) is 74.6 Å². The van der Waals surface area contributed by atoms with Crippen LogP contribution in [-0.4, -0.2) is 26.7 Å². The molecule has 0 aliphatic heterocycles. The van der Waals surface area contributed by atoms with Gasteiger partial charge in [0, 0.05) is 6.20 Å². The van der Waals surface area contributed by atoms with Crippen molar-refractivity contribution in [2.45, 2.75) is 5.16 Å². The lowest BCUT2D eigenvalue weighted by Crippen LogP contribution is -2.35. The Labute approximate surface area is 131 Å². The maximum atomic E-state index is 11.9. The minimum atomic E-state index is -0.119. The first-order valence-electron chi connectivity index (χ1n) is 6.67. The normalized spacial score (nSPS) is 10.4. The summed E-state index contributed by atoms with van der Waals surface area (Å²) in [6.45, 7) is 0. The number of H-pyrrole nitrogens is 1. The van der Waals surface area contributed by atoms with Crippen molar-refractivity contribution in [1.29, 1.82) is 0 Å².